The maximum atomic E-state index is 11.4. The number of sulfonamides is 1. The van der Waals surface area contributed by atoms with Gasteiger partial charge < -0.3 is 5.32 Å². The summed E-state index contributed by atoms with van der Waals surface area (Å²) in [5, 5.41) is 3.25. The van der Waals surface area contributed by atoms with Crippen molar-refractivity contribution >= 4 is 10.0 Å². The van der Waals surface area contributed by atoms with E-state index in [1.54, 1.807) is 4.31 Å². The second-order valence-corrected chi connectivity index (χ2v) is 5.92. The first kappa shape index (κ1) is 9.43. The lowest BCUT2D eigenvalue weighted by molar-refractivity contribution is 0.277. The highest BCUT2D eigenvalue weighted by Gasteiger charge is 2.39. The van der Waals surface area contributed by atoms with Crippen LogP contribution in [0.3, 0.4) is 0 Å². The summed E-state index contributed by atoms with van der Waals surface area (Å²) in [6, 6.07) is 0.226. The van der Waals surface area contributed by atoms with Gasteiger partial charge in [0.15, 0.2) is 0 Å². The van der Waals surface area contributed by atoms with Crippen molar-refractivity contribution in [2.75, 3.05) is 25.9 Å². The zero-order valence-corrected chi connectivity index (χ0v) is 8.68. The molecule has 2 unspecified atom stereocenters. The van der Waals surface area contributed by atoms with Crippen LogP contribution in [0.15, 0.2) is 0 Å². The molecule has 0 radical (unpaired) electrons. The molecule has 0 bridgehead atoms. The fourth-order valence-electron chi connectivity index (χ4n) is 2.44. The highest BCUT2D eigenvalue weighted by atomic mass is 32.2. The van der Waals surface area contributed by atoms with Crippen LogP contribution < -0.4 is 5.32 Å². The Morgan fingerprint density at radius 3 is 2.85 bits per heavy atom. The molecule has 1 N–H and O–H groups in total. The number of rotatable bonds is 1. The van der Waals surface area contributed by atoms with Crippen LogP contribution in [0.25, 0.3) is 0 Å². The van der Waals surface area contributed by atoms with Gasteiger partial charge in [0.25, 0.3) is 0 Å². The van der Waals surface area contributed by atoms with Crippen molar-refractivity contribution in [3.05, 3.63) is 0 Å². The molecule has 0 spiro atoms. The molecule has 0 aromatic rings. The predicted octanol–water partition coefficient (Wildman–Crippen LogP) is -0.370. The van der Waals surface area contributed by atoms with Gasteiger partial charge in [-0.25, -0.2) is 8.42 Å². The normalized spacial score (nSPS) is 36.1. The van der Waals surface area contributed by atoms with Gasteiger partial charge in [-0.15, -0.1) is 0 Å². The fourth-order valence-corrected chi connectivity index (χ4v) is 3.62. The molecule has 2 aliphatic rings. The monoisotopic (exact) mass is 204 g/mol. The molecular weight excluding hydrogens is 188 g/mol. The van der Waals surface area contributed by atoms with Gasteiger partial charge in [0, 0.05) is 19.1 Å². The summed E-state index contributed by atoms with van der Waals surface area (Å²) in [6.45, 7) is 2.59. The van der Waals surface area contributed by atoms with Crippen molar-refractivity contribution in [3.8, 4) is 0 Å². The lowest BCUT2D eigenvalue weighted by Crippen LogP contribution is -2.47. The molecule has 0 aromatic heterocycles. The number of nitrogens with zero attached hydrogens (tertiary/aromatic N) is 1. The van der Waals surface area contributed by atoms with Gasteiger partial charge >= 0.3 is 0 Å². The molecular formula is C8H16N2O2S. The van der Waals surface area contributed by atoms with E-state index in [2.05, 4.69) is 5.32 Å². The average Bonchev–Trinajstić information content (AvgIpc) is 2.45. The van der Waals surface area contributed by atoms with Gasteiger partial charge in [-0.05, 0) is 25.3 Å². The predicted molar refractivity (Wildman–Crippen MR) is 50.9 cm³/mol. The zero-order valence-electron chi connectivity index (χ0n) is 7.86. The average molecular weight is 204 g/mol. The van der Waals surface area contributed by atoms with Crippen molar-refractivity contribution < 1.29 is 8.42 Å². The molecule has 5 heteroatoms. The Hall–Kier alpha value is -0.130. The van der Waals surface area contributed by atoms with E-state index in [1.165, 1.54) is 6.26 Å². The van der Waals surface area contributed by atoms with Crippen molar-refractivity contribution in [1.82, 2.24) is 9.62 Å². The standard InChI is InChI=1S/C8H16N2O2S/c1-13(11,12)10-5-3-7-2-4-9-6-8(7)10/h7-9H,2-6H2,1H3. The van der Waals surface area contributed by atoms with Gasteiger partial charge in [-0.1, -0.05) is 0 Å². The number of hydrogen-bond acceptors (Lipinski definition) is 3. The van der Waals surface area contributed by atoms with E-state index in [4.69, 9.17) is 0 Å². The molecule has 2 heterocycles. The minimum absolute atomic E-state index is 0.226. The van der Waals surface area contributed by atoms with Gasteiger partial charge in [0.1, 0.15) is 0 Å². The van der Waals surface area contributed by atoms with Crippen LogP contribution in [0.2, 0.25) is 0 Å². The van der Waals surface area contributed by atoms with Gasteiger partial charge in [0.2, 0.25) is 10.0 Å². The Kier molecular flexibility index (Phi) is 2.33. The molecule has 2 saturated heterocycles. The number of piperidine rings is 1. The van der Waals surface area contributed by atoms with Crippen LogP contribution in [0.4, 0.5) is 0 Å². The van der Waals surface area contributed by atoms with Crippen LogP contribution in [0.5, 0.6) is 0 Å². The lowest BCUT2D eigenvalue weighted by Gasteiger charge is -2.30. The quantitative estimate of drug-likeness (QED) is 0.634. The first-order valence-electron chi connectivity index (χ1n) is 4.76. The van der Waals surface area contributed by atoms with Crippen molar-refractivity contribution in [2.24, 2.45) is 5.92 Å². The smallest absolute Gasteiger partial charge is 0.211 e. The summed E-state index contributed by atoms with van der Waals surface area (Å²) in [7, 11) is -2.98. The Labute approximate surface area is 79.4 Å². The van der Waals surface area contributed by atoms with Gasteiger partial charge in [-0.3, -0.25) is 0 Å². The van der Waals surface area contributed by atoms with Crippen LogP contribution in [0, 0.1) is 5.92 Å². The van der Waals surface area contributed by atoms with E-state index in [0.29, 0.717) is 5.92 Å². The first-order valence-corrected chi connectivity index (χ1v) is 6.61. The summed E-state index contributed by atoms with van der Waals surface area (Å²) in [5.41, 5.74) is 0. The van der Waals surface area contributed by atoms with Crippen molar-refractivity contribution in [3.63, 3.8) is 0 Å². The number of hydrogen-bond donors (Lipinski definition) is 1. The topological polar surface area (TPSA) is 49.4 Å². The van der Waals surface area contributed by atoms with E-state index >= 15 is 0 Å². The molecule has 0 saturated carbocycles. The number of fused-ring (bicyclic) bond motifs is 1. The number of nitrogens with one attached hydrogen (secondary N) is 1. The van der Waals surface area contributed by atoms with Crippen LogP contribution in [-0.2, 0) is 10.0 Å². The van der Waals surface area contributed by atoms with Crippen molar-refractivity contribution in [2.45, 2.75) is 18.9 Å². The summed E-state index contributed by atoms with van der Waals surface area (Å²) in [4.78, 5) is 0. The van der Waals surface area contributed by atoms with E-state index in [-0.39, 0.29) is 6.04 Å². The maximum absolute atomic E-state index is 11.4. The maximum Gasteiger partial charge on any atom is 0.211 e. The highest BCUT2D eigenvalue weighted by Crippen LogP contribution is 2.30. The molecule has 2 fully saturated rings. The van der Waals surface area contributed by atoms with Gasteiger partial charge in [0.05, 0.1) is 6.26 Å². The summed E-state index contributed by atoms with van der Waals surface area (Å²) in [5.74, 6) is 0.593. The van der Waals surface area contributed by atoms with Crippen LogP contribution in [0.1, 0.15) is 12.8 Å². The molecule has 13 heavy (non-hydrogen) atoms. The Morgan fingerprint density at radius 2 is 2.15 bits per heavy atom. The highest BCUT2D eigenvalue weighted by molar-refractivity contribution is 7.88. The Balaban J connectivity index is 2.16. The second kappa shape index (κ2) is 3.22. The van der Waals surface area contributed by atoms with E-state index in [9.17, 15) is 8.42 Å². The summed E-state index contributed by atoms with van der Waals surface area (Å²) < 4.78 is 24.4. The third kappa shape index (κ3) is 1.73. The van der Waals surface area contributed by atoms with Crippen LogP contribution in [-0.4, -0.2) is 44.7 Å². The van der Waals surface area contributed by atoms with E-state index in [1.807, 2.05) is 0 Å². The molecule has 0 aliphatic carbocycles. The molecule has 2 rings (SSSR count). The third-order valence-electron chi connectivity index (χ3n) is 3.11. The molecule has 2 atom stereocenters. The first-order chi connectivity index (χ1) is 6.09. The largest absolute Gasteiger partial charge is 0.315 e. The third-order valence-corrected chi connectivity index (χ3v) is 4.41. The zero-order chi connectivity index (χ0) is 9.47. The lowest BCUT2D eigenvalue weighted by atomic mass is 9.94. The van der Waals surface area contributed by atoms with Crippen molar-refractivity contribution in [1.29, 1.82) is 0 Å². The van der Waals surface area contributed by atoms with Gasteiger partial charge in [-0.2, -0.15) is 4.31 Å². The SMILES string of the molecule is CS(=O)(=O)N1CCC2CCNCC21. The molecule has 76 valence electrons. The molecule has 4 nitrogen and oxygen atoms in total. The summed E-state index contributed by atoms with van der Waals surface area (Å²) >= 11 is 0. The fraction of sp³-hybridized carbons (Fsp3) is 1.00. The van der Waals surface area contributed by atoms with Crippen LogP contribution >= 0.6 is 0 Å². The Bertz CT molecular complexity index is 289. The molecule has 0 amide bonds. The second-order valence-electron chi connectivity index (χ2n) is 3.98. The molecule has 0 aromatic carbocycles. The van der Waals surface area contributed by atoms with E-state index in [0.717, 1.165) is 32.5 Å². The minimum Gasteiger partial charge on any atom is -0.315 e. The summed E-state index contributed by atoms with van der Waals surface area (Å²) in [6.07, 6.45) is 3.47. The Morgan fingerprint density at radius 1 is 1.38 bits per heavy atom. The molecule has 2 aliphatic heterocycles. The minimum atomic E-state index is -2.98. The van der Waals surface area contributed by atoms with E-state index < -0.39 is 10.0 Å².